The number of amides is 2. The molecule has 2 heterocycles. The molecule has 1 aliphatic carbocycles. The molecule has 11 heteroatoms. The topological polar surface area (TPSA) is 135 Å². The zero-order valence-corrected chi connectivity index (χ0v) is 23.7. The van der Waals surface area contributed by atoms with Gasteiger partial charge in [-0.25, -0.2) is 4.79 Å². The summed E-state index contributed by atoms with van der Waals surface area (Å²) in [5.74, 6) is -0.321. The Hall–Kier alpha value is -4.15. The summed E-state index contributed by atoms with van der Waals surface area (Å²) < 4.78 is 12.8. The highest BCUT2D eigenvalue weighted by Crippen LogP contribution is 2.39. The van der Waals surface area contributed by atoms with Crippen molar-refractivity contribution in [3.63, 3.8) is 0 Å². The zero-order valence-electron chi connectivity index (χ0n) is 23.7. The van der Waals surface area contributed by atoms with Crippen LogP contribution in [0.5, 0.6) is 11.5 Å². The molecule has 1 aromatic heterocycles. The summed E-state index contributed by atoms with van der Waals surface area (Å²) in [7, 11) is 3.34. The third kappa shape index (κ3) is 5.59. The molecule has 1 saturated heterocycles. The van der Waals surface area contributed by atoms with E-state index in [1.54, 1.807) is 28.9 Å². The Bertz CT molecular complexity index is 1430. The summed E-state index contributed by atoms with van der Waals surface area (Å²) in [6.45, 7) is 6.97. The molecule has 2 fully saturated rings. The molecule has 5 rings (SSSR count). The minimum atomic E-state index is -0.540. The number of methoxy groups -OCH3 is 1. The Labute approximate surface area is 233 Å². The number of aromatic nitrogens is 2. The number of anilines is 3. The van der Waals surface area contributed by atoms with Crippen molar-refractivity contribution in [2.75, 3.05) is 36.1 Å². The van der Waals surface area contributed by atoms with E-state index in [9.17, 15) is 14.7 Å². The fraction of sp³-hybridized carbons (Fsp3) is 0.483. The van der Waals surface area contributed by atoms with Crippen LogP contribution in [0.1, 0.15) is 56.8 Å². The number of fused-ring (bicyclic) bond motifs is 1. The third-order valence-electron chi connectivity index (χ3n) is 7.37. The Balaban J connectivity index is 1.28. The minimum absolute atomic E-state index is 0.0642. The van der Waals surface area contributed by atoms with E-state index in [-0.39, 0.29) is 35.2 Å². The van der Waals surface area contributed by atoms with E-state index in [2.05, 4.69) is 15.3 Å². The number of rotatable bonds is 6. The molecule has 3 aromatic rings. The van der Waals surface area contributed by atoms with Gasteiger partial charge >= 0.3 is 6.09 Å². The average Bonchev–Trinajstić information content (AvgIpc) is 3.64. The summed E-state index contributed by atoms with van der Waals surface area (Å²) in [5.41, 5.74) is 7.89. The minimum Gasteiger partial charge on any atom is -0.505 e. The van der Waals surface area contributed by atoms with Gasteiger partial charge in [-0.1, -0.05) is 0 Å². The number of aryl methyl sites for hydroxylation is 1. The van der Waals surface area contributed by atoms with Crippen LogP contribution in [0.15, 0.2) is 30.5 Å². The highest BCUT2D eigenvalue weighted by Gasteiger charge is 2.41. The monoisotopic (exact) mass is 550 g/mol. The lowest BCUT2D eigenvalue weighted by molar-refractivity contribution is 0.0114. The predicted octanol–water partition coefficient (Wildman–Crippen LogP) is 4.49. The molecule has 40 heavy (non-hydrogen) atoms. The summed E-state index contributed by atoms with van der Waals surface area (Å²) in [6.07, 6.45) is 5.12. The number of benzene rings is 2. The van der Waals surface area contributed by atoms with Gasteiger partial charge < -0.3 is 35.4 Å². The molecular weight excluding hydrogens is 512 g/mol. The first-order chi connectivity index (χ1) is 18.9. The molecule has 1 saturated carbocycles. The van der Waals surface area contributed by atoms with Gasteiger partial charge in [0.2, 0.25) is 0 Å². The number of phenolic OH excluding ortho intramolecular Hbond substituents is 1. The number of nitrogens with two attached hydrogens (primary N) is 1. The van der Waals surface area contributed by atoms with Gasteiger partial charge in [-0.2, -0.15) is 5.10 Å². The average molecular weight is 551 g/mol. The normalized spacial score (nSPS) is 16.2. The van der Waals surface area contributed by atoms with E-state index >= 15 is 0 Å². The SMILES string of the molecule is COc1cc2nn(C)cc2cc1NC(=O)c1ccc(N2CCC(N(C(=O)OC(C)(C)C)C3CC3)CC2)c(N)c1O. The second kappa shape index (κ2) is 10.4. The Morgan fingerprint density at radius 2 is 1.80 bits per heavy atom. The summed E-state index contributed by atoms with van der Waals surface area (Å²) in [6, 6.07) is 7.20. The molecule has 2 aliphatic rings. The lowest BCUT2D eigenvalue weighted by Gasteiger charge is -2.40. The molecular formula is C29H38N6O5. The largest absolute Gasteiger partial charge is 0.505 e. The van der Waals surface area contributed by atoms with Crippen LogP contribution >= 0.6 is 0 Å². The number of nitrogens with one attached hydrogen (secondary N) is 1. The van der Waals surface area contributed by atoms with Gasteiger partial charge in [0.15, 0.2) is 5.75 Å². The van der Waals surface area contributed by atoms with Gasteiger partial charge in [-0.15, -0.1) is 0 Å². The van der Waals surface area contributed by atoms with Gasteiger partial charge in [0.25, 0.3) is 5.91 Å². The van der Waals surface area contributed by atoms with E-state index in [0.29, 0.717) is 30.2 Å². The zero-order chi connectivity index (χ0) is 28.8. The van der Waals surface area contributed by atoms with Crippen LogP contribution in [-0.2, 0) is 11.8 Å². The lowest BCUT2D eigenvalue weighted by atomic mass is 10.0. The maximum Gasteiger partial charge on any atom is 0.410 e. The van der Waals surface area contributed by atoms with Gasteiger partial charge in [0, 0.05) is 49.9 Å². The number of hydrogen-bond donors (Lipinski definition) is 3. The van der Waals surface area contributed by atoms with Gasteiger partial charge in [-0.3, -0.25) is 9.48 Å². The first kappa shape index (κ1) is 27.4. The molecule has 2 aromatic carbocycles. The number of carbonyl (C=O) groups is 2. The summed E-state index contributed by atoms with van der Waals surface area (Å²) in [4.78, 5) is 30.1. The molecule has 11 nitrogen and oxygen atoms in total. The first-order valence-electron chi connectivity index (χ1n) is 13.7. The van der Waals surface area contributed by atoms with Crippen molar-refractivity contribution in [2.45, 2.75) is 64.1 Å². The molecule has 2 amide bonds. The summed E-state index contributed by atoms with van der Waals surface area (Å²) >= 11 is 0. The molecule has 0 bridgehead atoms. The van der Waals surface area contributed by atoms with Crippen molar-refractivity contribution in [3.8, 4) is 11.5 Å². The first-order valence-corrected chi connectivity index (χ1v) is 13.7. The van der Waals surface area contributed by atoms with Gasteiger partial charge in [0.1, 0.15) is 11.4 Å². The Morgan fingerprint density at radius 3 is 2.42 bits per heavy atom. The van der Waals surface area contributed by atoms with Crippen LogP contribution in [0.4, 0.5) is 21.9 Å². The number of nitrogen functional groups attached to an aromatic ring is 1. The van der Waals surface area contributed by atoms with E-state index < -0.39 is 11.5 Å². The van der Waals surface area contributed by atoms with Crippen molar-refractivity contribution in [1.82, 2.24) is 14.7 Å². The van der Waals surface area contributed by atoms with E-state index in [4.69, 9.17) is 15.2 Å². The number of phenols is 1. The summed E-state index contributed by atoms with van der Waals surface area (Å²) in [5, 5.41) is 19.0. The maximum atomic E-state index is 13.2. The smallest absolute Gasteiger partial charge is 0.410 e. The van der Waals surface area contributed by atoms with E-state index in [1.165, 1.54) is 7.11 Å². The lowest BCUT2D eigenvalue weighted by Crippen LogP contribution is -2.50. The van der Waals surface area contributed by atoms with Gasteiger partial charge in [-0.05, 0) is 64.7 Å². The molecule has 0 atom stereocenters. The van der Waals surface area contributed by atoms with Crippen LogP contribution in [0.3, 0.4) is 0 Å². The second-order valence-corrected chi connectivity index (χ2v) is 11.6. The second-order valence-electron chi connectivity index (χ2n) is 11.6. The fourth-order valence-electron chi connectivity index (χ4n) is 5.34. The quantitative estimate of drug-likeness (QED) is 0.302. The van der Waals surface area contributed by atoms with Crippen molar-refractivity contribution in [1.29, 1.82) is 0 Å². The molecule has 0 radical (unpaired) electrons. The molecule has 214 valence electrons. The number of nitrogens with zero attached hydrogens (tertiary/aromatic N) is 4. The van der Waals surface area contributed by atoms with Crippen molar-refractivity contribution < 1.29 is 24.2 Å². The fourth-order valence-corrected chi connectivity index (χ4v) is 5.34. The van der Waals surface area contributed by atoms with Crippen molar-refractivity contribution in [2.24, 2.45) is 7.05 Å². The molecule has 0 unspecified atom stereocenters. The highest BCUT2D eigenvalue weighted by atomic mass is 16.6. The van der Waals surface area contributed by atoms with Crippen LogP contribution in [0.2, 0.25) is 0 Å². The maximum absolute atomic E-state index is 13.2. The molecule has 4 N–H and O–H groups in total. The number of ether oxygens (including phenoxy) is 2. The predicted molar refractivity (Wildman–Crippen MR) is 154 cm³/mol. The number of carbonyl (C=O) groups excluding carboxylic acids is 2. The Morgan fingerprint density at radius 1 is 1.12 bits per heavy atom. The van der Waals surface area contributed by atoms with Crippen LogP contribution in [0, 0.1) is 0 Å². The number of hydrogen-bond acceptors (Lipinski definition) is 8. The van der Waals surface area contributed by atoms with Crippen LogP contribution in [0.25, 0.3) is 10.9 Å². The van der Waals surface area contributed by atoms with E-state index in [1.807, 2.05) is 38.9 Å². The third-order valence-corrected chi connectivity index (χ3v) is 7.37. The van der Waals surface area contributed by atoms with Crippen LogP contribution < -0.4 is 20.7 Å². The Kier molecular flexibility index (Phi) is 7.16. The highest BCUT2D eigenvalue weighted by molar-refractivity contribution is 6.09. The molecule has 0 spiro atoms. The van der Waals surface area contributed by atoms with E-state index in [0.717, 1.165) is 36.6 Å². The number of piperidine rings is 1. The standard InChI is InChI=1S/C29H38N6O5/c1-29(2,3)40-28(38)35(18-6-7-18)19-10-12-34(13-11-19)23-9-8-20(26(36)25(23)30)27(37)31-22-14-17-16-33(4)32-21(17)15-24(22)39-5/h8-9,14-16,18-19,36H,6-7,10-13,30H2,1-5H3,(H,31,37). The molecule has 1 aliphatic heterocycles. The van der Waals surface area contributed by atoms with Crippen LogP contribution in [-0.4, -0.2) is 69.7 Å². The van der Waals surface area contributed by atoms with Gasteiger partial charge in [0.05, 0.1) is 35.3 Å². The van der Waals surface area contributed by atoms with Crippen molar-refractivity contribution >= 4 is 40.0 Å². The number of aromatic hydroxyl groups is 1. The van der Waals surface area contributed by atoms with Crippen molar-refractivity contribution in [3.05, 3.63) is 36.0 Å².